The highest BCUT2D eigenvalue weighted by Crippen LogP contribution is 2.21. The Morgan fingerprint density at radius 3 is 2.35 bits per heavy atom. The number of hydrogen-bond donors (Lipinski definition) is 2. The van der Waals surface area contributed by atoms with Gasteiger partial charge in [-0.05, 0) is 44.4 Å². The topological polar surface area (TPSA) is 84.5 Å². The normalized spacial score (nSPS) is 13.0. The Morgan fingerprint density at radius 1 is 1.15 bits per heavy atom. The molecule has 0 saturated carbocycles. The lowest BCUT2D eigenvalue weighted by Gasteiger charge is -2.22. The van der Waals surface area contributed by atoms with Crippen LogP contribution in [0, 0.1) is 5.92 Å². The van der Waals surface area contributed by atoms with Crippen molar-refractivity contribution >= 4 is 41.0 Å². The predicted octanol–water partition coefficient (Wildman–Crippen LogP) is 3.21. The van der Waals surface area contributed by atoms with Gasteiger partial charge in [-0.1, -0.05) is 37.0 Å². The van der Waals surface area contributed by atoms with Crippen molar-refractivity contribution in [3.05, 3.63) is 33.8 Å². The Labute approximate surface area is 163 Å². The number of carbonyl (C=O) groups excluding carboxylic acids is 3. The standard InChI is InChI=1S/C18H24Cl2N2O4/c1-5-21-16(23)11(4)26-18(25)15(8-10(2)3)22-17(24)13-7-6-12(19)9-14(13)20/h6-7,9-11,15H,5,8H2,1-4H3,(H,21,23)(H,22,24)/t11-,15+/m1/s1. The van der Waals surface area contributed by atoms with Gasteiger partial charge in [0.15, 0.2) is 6.10 Å². The molecule has 0 aliphatic rings. The monoisotopic (exact) mass is 402 g/mol. The largest absolute Gasteiger partial charge is 0.451 e. The molecule has 1 aromatic rings. The zero-order chi connectivity index (χ0) is 19.9. The maximum Gasteiger partial charge on any atom is 0.329 e. The summed E-state index contributed by atoms with van der Waals surface area (Å²) in [5.74, 6) is -1.46. The van der Waals surface area contributed by atoms with Gasteiger partial charge in [0, 0.05) is 11.6 Å². The number of hydrogen-bond acceptors (Lipinski definition) is 4. The van der Waals surface area contributed by atoms with Crippen LogP contribution in [0.4, 0.5) is 0 Å². The summed E-state index contributed by atoms with van der Waals surface area (Å²) in [4.78, 5) is 36.6. The van der Waals surface area contributed by atoms with Gasteiger partial charge < -0.3 is 15.4 Å². The fourth-order valence-corrected chi connectivity index (χ4v) is 2.72. The Balaban J connectivity index is 2.87. The second-order valence-corrected chi connectivity index (χ2v) is 7.10. The first-order valence-electron chi connectivity index (χ1n) is 8.39. The Morgan fingerprint density at radius 2 is 1.81 bits per heavy atom. The van der Waals surface area contributed by atoms with Crippen molar-refractivity contribution in [3.63, 3.8) is 0 Å². The Kier molecular flexibility index (Phi) is 8.88. The molecule has 0 bridgehead atoms. The molecule has 0 heterocycles. The van der Waals surface area contributed by atoms with E-state index in [4.69, 9.17) is 27.9 Å². The molecule has 6 nitrogen and oxygen atoms in total. The van der Waals surface area contributed by atoms with Crippen molar-refractivity contribution in [2.24, 2.45) is 5.92 Å². The second kappa shape index (κ2) is 10.4. The van der Waals surface area contributed by atoms with Gasteiger partial charge in [0.1, 0.15) is 6.04 Å². The van der Waals surface area contributed by atoms with Crippen LogP contribution in [0.15, 0.2) is 18.2 Å². The van der Waals surface area contributed by atoms with Crippen molar-refractivity contribution < 1.29 is 19.1 Å². The minimum Gasteiger partial charge on any atom is -0.451 e. The van der Waals surface area contributed by atoms with E-state index in [0.29, 0.717) is 18.0 Å². The first-order valence-corrected chi connectivity index (χ1v) is 9.15. The number of nitrogens with one attached hydrogen (secondary N) is 2. The van der Waals surface area contributed by atoms with Gasteiger partial charge in [0.25, 0.3) is 11.8 Å². The molecular formula is C18H24Cl2N2O4. The van der Waals surface area contributed by atoms with Crippen molar-refractivity contribution in [1.82, 2.24) is 10.6 Å². The first kappa shape index (κ1) is 22.3. The quantitative estimate of drug-likeness (QED) is 0.653. The van der Waals surface area contributed by atoms with E-state index >= 15 is 0 Å². The van der Waals surface area contributed by atoms with Gasteiger partial charge in [0.2, 0.25) is 0 Å². The second-order valence-electron chi connectivity index (χ2n) is 6.25. The highest BCUT2D eigenvalue weighted by atomic mass is 35.5. The van der Waals surface area contributed by atoms with Crippen LogP contribution < -0.4 is 10.6 Å². The smallest absolute Gasteiger partial charge is 0.329 e. The average molecular weight is 403 g/mol. The molecule has 0 aromatic heterocycles. The zero-order valence-corrected chi connectivity index (χ0v) is 16.8. The SMILES string of the molecule is CCNC(=O)[C@@H](C)OC(=O)[C@H](CC(C)C)NC(=O)c1ccc(Cl)cc1Cl. The van der Waals surface area contributed by atoms with E-state index in [1.807, 2.05) is 13.8 Å². The van der Waals surface area contributed by atoms with Crippen LogP contribution >= 0.6 is 23.2 Å². The van der Waals surface area contributed by atoms with Gasteiger partial charge in [0.05, 0.1) is 10.6 Å². The van der Waals surface area contributed by atoms with E-state index in [0.717, 1.165) is 0 Å². The van der Waals surface area contributed by atoms with Gasteiger partial charge >= 0.3 is 5.97 Å². The molecule has 1 rings (SSSR count). The molecule has 8 heteroatoms. The summed E-state index contributed by atoms with van der Waals surface area (Å²) in [7, 11) is 0. The summed E-state index contributed by atoms with van der Waals surface area (Å²) >= 11 is 11.9. The number of rotatable bonds is 8. The van der Waals surface area contributed by atoms with Gasteiger partial charge in [-0.2, -0.15) is 0 Å². The number of esters is 1. The first-order chi connectivity index (χ1) is 12.1. The molecule has 0 saturated heterocycles. The molecule has 0 aliphatic heterocycles. The highest BCUT2D eigenvalue weighted by molar-refractivity contribution is 6.36. The maximum atomic E-state index is 12.5. The summed E-state index contributed by atoms with van der Waals surface area (Å²) in [5.41, 5.74) is 0.203. The van der Waals surface area contributed by atoms with Crippen LogP contribution in [0.3, 0.4) is 0 Å². The predicted molar refractivity (Wildman–Crippen MR) is 101 cm³/mol. The lowest BCUT2D eigenvalue weighted by molar-refractivity contribution is -0.156. The van der Waals surface area contributed by atoms with E-state index in [-0.39, 0.29) is 16.5 Å². The maximum absolute atomic E-state index is 12.5. The van der Waals surface area contributed by atoms with E-state index in [1.165, 1.54) is 25.1 Å². The zero-order valence-electron chi connectivity index (χ0n) is 15.3. The minimum absolute atomic E-state index is 0.119. The third-order valence-corrected chi connectivity index (χ3v) is 4.03. The summed E-state index contributed by atoms with van der Waals surface area (Å²) in [5, 5.41) is 5.79. The van der Waals surface area contributed by atoms with Crippen LogP contribution in [0.5, 0.6) is 0 Å². The molecule has 0 aliphatic carbocycles. The molecule has 1 aromatic carbocycles. The Hall–Kier alpha value is -1.79. The minimum atomic E-state index is -0.951. The van der Waals surface area contributed by atoms with E-state index in [2.05, 4.69) is 10.6 Å². The van der Waals surface area contributed by atoms with Crippen molar-refractivity contribution in [2.75, 3.05) is 6.54 Å². The van der Waals surface area contributed by atoms with Crippen LogP contribution in [0.25, 0.3) is 0 Å². The molecular weight excluding hydrogens is 379 g/mol. The highest BCUT2D eigenvalue weighted by Gasteiger charge is 2.28. The summed E-state index contributed by atoms with van der Waals surface area (Å²) in [6.45, 7) is 7.50. The third kappa shape index (κ3) is 6.84. The Bertz CT molecular complexity index is 665. The number of carbonyl (C=O) groups is 3. The van der Waals surface area contributed by atoms with Crippen LogP contribution in [0.1, 0.15) is 44.5 Å². The van der Waals surface area contributed by atoms with E-state index < -0.39 is 29.9 Å². The number of halogens is 2. The number of likely N-dealkylation sites (N-methyl/N-ethyl adjacent to an activating group) is 1. The molecule has 2 atom stereocenters. The van der Waals surface area contributed by atoms with Crippen LogP contribution in [0.2, 0.25) is 10.0 Å². The van der Waals surface area contributed by atoms with Gasteiger partial charge in [-0.25, -0.2) is 4.79 Å². The molecule has 2 N–H and O–H groups in total. The molecule has 2 amide bonds. The molecule has 0 fully saturated rings. The van der Waals surface area contributed by atoms with Crippen molar-refractivity contribution in [2.45, 2.75) is 46.3 Å². The molecule has 26 heavy (non-hydrogen) atoms. The number of amides is 2. The lowest BCUT2D eigenvalue weighted by atomic mass is 10.0. The van der Waals surface area contributed by atoms with Gasteiger partial charge in [-0.15, -0.1) is 0 Å². The molecule has 144 valence electrons. The van der Waals surface area contributed by atoms with Crippen LogP contribution in [-0.4, -0.2) is 36.5 Å². The van der Waals surface area contributed by atoms with E-state index in [1.54, 1.807) is 6.92 Å². The fourth-order valence-electron chi connectivity index (χ4n) is 2.22. The summed E-state index contributed by atoms with van der Waals surface area (Å²) < 4.78 is 5.19. The molecule has 0 radical (unpaired) electrons. The fraction of sp³-hybridized carbons (Fsp3) is 0.500. The third-order valence-electron chi connectivity index (χ3n) is 3.49. The number of ether oxygens (including phenoxy) is 1. The van der Waals surface area contributed by atoms with Crippen molar-refractivity contribution in [3.8, 4) is 0 Å². The average Bonchev–Trinajstić information content (AvgIpc) is 2.53. The molecule has 0 unspecified atom stereocenters. The van der Waals surface area contributed by atoms with E-state index in [9.17, 15) is 14.4 Å². The number of benzene rings is 1. The lowest BCUT2D eigenvalue weighted by Crippen LogP contribution is -2.45. The van der Waals surface area contributed by atoms with Gasteiger partial charge in [-0.3, -0.25) is 9.59 Å². The summed E-state index contributed by atoms with van der Waals surface area (Å²) in [6, 6.07) is 3.57. The van der Waals surface area contributed by atoms with Crippen LogP contribution in [-0.2, 0) is 14.3 Å². The summed E-state index contributed by atoms with van der Waals surface area (Å²) in [6.07, 6.45) is -0.592. The molecule has 0 spiro atoms. The van der Waals surface area contributed by atoms with Crippen molar-refractivity contribution in [1.29, 1.82) is 0 Å².